The van der Waals surface area contributed by atoms with Crippen LogP contribution in [0.3, 0.4) is 0 Å². The Morgan fingerprint density at radius 3 is 2.81 bits per heavy atom. The lowest BCUT2D eigenvalue weighted by Crippen LogP contribution is -1.97. The number of aldehydes is 1. The van der Waals surface area contributed by atoms with Crippen LogP contribution in [-0.2, 0) is 4.79 Å². The van der Waals surface area contributed by atoms with Gasteiger partial charge in [-0.05, 0) is 41.9 Å². The summed E-state index contributed by atoms with van der Waals surface area (Å²) in [7, 11) is 1.72. The molecule has 2 rings (SSSR count). The lowest BCUT2D eigenvalue weighted by Gasteiger charge is -2.13. The molecule has 1 saturated carbocycles. The molecule has 1 aromatic carbocycles. The van der Waals surface area contributed by atoms with E-state index in [1.54, 1.807) is 7.11 Å². The van der Waals surface area contributed by atoms with Crippen LogP contribution >= 0.6 is 0 Å². The predicted molar refractivity (Wildman–Crippen MR) is 64.1 cm³/mol. The maximum Gasteiger partial charge on any atom is 0.122 e. The SMILES string of the molecule is COc1cc(C(C)CC=O)ccc1C1CC1. The number of hydrogen-bond acceptors (Lipinski definition) is 2. The second kappa shape index (κ2) is 4.69. The van der Waals surface area contributed by atoms with Crippen molar-refractivity contribution in [1.29, 1.82) is 0 Å². The number of methoxy groups -OCH3 is 1. The van der Waals surface area contributed by atoms with E-state index in [1.807, 2.05) is 0 Å². The van der Waals surface area contributed by atoms with Gasteiger partial charge in [-0.15, -0.1) is 0 Å². The van der Waals surface area contributed by atoms with E-state index in [-0.39, 0.29) is 5.92 Å². The summed E-state index contributed by atoms with van der Waals surface area (Å²) in [6.07, 6.45) is 4.11. The van der Waals surface area contributed by atoms with Crippen molar-refractivity contribution >= 4 is 6.29 Å². The van der Waals surface area contributed by atoms with E-state index in [2.05, 4.69) is 25.1 Å². The van der Waals surface area contributed by atoms with Gasteiger partial charge >= 0.3 is 0 Å². The summed E-state index contributed by atoms with van der Waals surface area (Å²) in [5.74, 6) is 1.96. The number of ether oxygens (including phenoxy) is 1. The highest BCUT2D eigenvalue weighted by Crippen LogP contribution is 2.44. The van der Waals surface area contributed by atoms with E-state index in [0.29, 0.717) is 12.3 Å². The first-order valence-corrected chi connectivity index (χ1v) is 5.87. The summed E-state index contributed by atoms with van der Waals surface area (Å²) in [6, 6.07) is 6.37. The van der Waals surface area contributed by atoms with Crippen LogP contribution in [0.4, 0.5) is 0 Å². The van der Waals surface area contributed by atoms with Crippen LogP contribution in [0.15, 0.2) is 18.2 Å². The average Bonchev–Trinajstić information content (AvgIpc) is 3.12. The Kier molecular flexibility index (Phi) is 3.28. The first kappa shape index (κ1) is 11.2. The fourth-order valence-corrected chi connectivity index (χ4v) is 2.05. The highest BCUT2D eigenvalue weighted by atomic mass is 16.5. The van der Waals surface area contributed by atoms with Crippen LogP contribution in [-0.4, -0.2) is 13.4 Å². The summed E-state index contributed by atoms with van der Waals surface area (Å²) < 4.78 is 5.43. The lowest BCUT2D eigenvalue weighted by molar-refractivity contribution is -0.108. The molecule has 1 fully saturated rings. The van der Waals surface area contributed by atoms with Gasteiger partial charge in [0, 0.05) is 6.42 Å². The molecule has 0 radical (unpaired) electrons. The van der Waals surface area contributed by atoms with Gasteiger partial charge in [0.25, 0.3) is 0 Å². The van der Waals surface area contributed by atoms with Crippen LogP contribution in [0.5, 0.6) is 5.75 Å². The Balaban J connectivity index is 2.24. The molecular formula is C14H18O2. The Bertz CT molecular complexity index is 380. The third-order valence-electron chi connectivity index (χ3n) is 3.29. The Morgan fingerprint density at radius 2 is 2.25 bits per heavy atom. The van der Waals surface area contributed by atoms with Crippen molar-refractivity contribution in [2.24, 2.45) is 0 Å². The molecule has 0 aliphatic heterocycles. The first-order valence-electron chi connectivity index (χ1n) is 5.87. The minimum atomic E-state index is 0.277. The molecule has 1 aliphatic rings. The minimum Gasteiger partial charge on any atom is -0.496 e. The number of benzene rings is 1. The van der Waals surface area contributed by atoms with E-state index in [9.17, 15) is 4.79 Å². The molecule has 0 bridgehead atoms. The second-order valence-corrected chi connectivity index (χ2v) is 4.58. The van der Waals surface area contributed by atoms with Gasteiger partial charge in [0.05, 0.1) is 7.11 Å². The number of carbonyl (C=O) groups excluding carboxylic acids is 1. The predicted octanol–water partition coefficient (Wildman–Crippen LogP) is 3.27. The molecule has 86 valence electrons. The van der Waals surface area contributed by atoms with Crippen LogP contribution in [0.25, 0.3) is 0 Å². The van der Waals surface area contributed by atoms with Gasteiger partial charge in [0.15, 0.2) is 0 Å². The van der Waals surface area contributed by atoms with Gasteiger partial charge in [-0.2, -0.15) is 0 Å². The van der Waals surface area contributed by atoms with Gasteiger partial charge < -0.3 is 9.53 Å². The fourth-order valence-electron chi connectivity index (χ4n) is 2.05. The number of rotatable bonds is 5. The lowest BCUT2D eigenvalue weighted by atomic mass is 9.96. The Hall–Kier alpha value is -1.31. The molecule has 1 aliphatic carbocycles. The van der Waals surface area contributed by atoms with Crippen molar-refractivity contribution in [2.75, 3.05) is 7.11 Å². The normalized spacial score (nSPS) is 16.9. The molecule has 0 heterocycles. The highest BCUT2D eigenvalue weighted by molar-refractivity contribution is 5.52. The van der Waals surface area contributed by atoms with Gasteiger partial charge in [0.1, 0.15) is 12.0 Å². The molecule has 0 saturated heterocycles. The second-order valence-electron chi connectivity index (χ2n) is 4.58. The topological polar surface area (TPSA) is 26.3 Å². The Morgan fingerprint density at radius 1 is 1.50 bits per heavy atom. The molecule has 16 heavy (non-hydrogen) atoms. The molecule has 0 N–H and O–H groups in total. The summed E-state index contributed by atoms with van der Waals surface area (Å²) in [6.45, 7) is 2.07. The van der Waals surface area contributed by atoms with Gasteiger partial charge in [-0.1, -0.05) is 19.1 Å². The van der Waals surface area contributed by atoms with Crippen molar-refractivity contribution in [2.45, 2.75) is 38.0 Å². The third-order valence-corrected chi connectivity index (χ3v) is 3.29. The van der Waals surface area contributed by atoms with Crippen molar-refractivity contribution in [1.82, 2.24) is 0 Å². The molecule has 2 nitrogen and oxygen atoms in total. The van der Waals surface area contributed by atoms with Crippen molar-refractivity contribution in [3.63, 3.8) is 0 Å². The first-order chi connectivity index (χ1) is 7.76. The molecular weight excluding hydrogens is 200 g/mol. The summed E-state index contributed by atoms with van der Waals surface area (Å²) in [5, 5.41) is 0. The minimum absolute atomic E-state index is 0.277. The molecule has 1 aromatic rings. The molecule has 0 amide bonds. The fraction of sp³-hybridized carbons (Fsp3) is 0.500. The van der Waals surface area contributed by atoms with Gasteiger partial charge in [-0.25, -0.2) is 0 Å². The maximum atomic E-state index is 10.5. The van der Waals surface area contributed by atoms with Crippen LogP contribution in [0, 0.1) is 0 Å². The quantitative estimate of drug-likeness (QED) is 0.709. The molecule has 1 unspecified atom stereocenters. The van der Waals surface area contributed by atoms with E-state index in [0.717, 1.165) is 12.0 Å². The smallest absolute Gasteiger partial charge is 0.122 e. The van der Waals surface area contributed by atoms with Crippen LogP contribution < -0.4 is 4.74 Å². The zero-order valence-corrected chi connectivity index (χ0v) is 9.90. The molecule has 2 heteroatoms. The van der Waals surface area contributed by atoms with Crippen molar-refractivity contribution < 1.29 is 9.53 Å². The van der Waals surface area contributed by atoms with E-state index in [1.165, 1.54) is 24.0 Å². The third kappa shape index (κ3) is 2.26. The van der Waals surface area contributed by atoms with Gasteiger partial charge in [0.2, 0.25) is 0 Å². The monoisotopic (exact) mass is 218 g/mol. The Labute approximate surface area is 96.6 Å². The number of carbonyl (C=O) groups is 1. The van der Waals surface area contributed by atoms with E-state index < -0.39 is 0 Å². The zero-order chi connectivity index (χ0) is 11.5. The average molecular weight is 218 g/mol. The maximum absolute atomic E-state index is 10.5. The summed E-state index contributed by atoms with van der Waals surface area (Å²) in [4.78, 5) is 10.5. The summed E-state index contributed by atoms with van der Waals surface area (Å²) in [5.41, 5.74) is 2.51. The standard InChI is InChI=1S/C14H18O2/c1-10(7-8-15)12-5-6-13(11-3-4-11)14(9-12)16-2/h5-6,8-11H,3-4,7H2,1-2H3. The molecule has 0 aromatic heterocycles. The van der Waals surface area contributed by atoms with Crippen LogP contribution in [0.2, 0.25) is 0 Å². The van der Waals surface area contributed by atoms with E-state index in [4.69, 9.17) is 4.74 Å². The zero-order valence-electron chi connectivity index (χ0n) is 9.90. The largest absolute Gasteiger partial charge is 0.496 e. The summed E-state index contributed by atoms with van der Waals surface area (Å²) >= 11 is 0. The van der Waals surface area contributed by atoms with Gasteiger partial charge in [-0.3, -0.25) is 0 Å². The molecule has 0 spiro atoms. The van der Waals surface area contributed by atoms with Crippen molar-refractivity contribution in [3.8, 4) is 5.75 Å². The van der Waals surface area contributed by atoms with Crippen LogP contribution in [0.1, 0.15) is 49.1 Å². The van der Waals surface area contributed by atoms with Crippen molar-refractivity contribution in [3.05, 3.63) is 29.3 Å². The number of hydrogen-bond donors (Lipinski definition) is 0. The highest BCUT2D eigenvalue weighted by Gasteiger charge is 2.26. The van der Waals surface area contributed by atoms with E-state index >= 15 is 0 Å². The molecule has 1 atom stereocenters.